The minimum Gasteiger partial charge on any atom is -0.462 e. The van der Waals surface area contributed by atoms with E-state index in [1.54, 1.807) is 13.0 Å². The Morgan fingerprint density at radius 1 is 1.47 bits per heavy atom. The van der Waals surface area contributed by atoms with Gasteiger partial charge in [0.25, 0.3) is 0 Å². The van der Waals surface area contributed by atoms with Crippen molar-refractivity contribution in [3.05, 3.63) is 28.3 Å². The van der Waals surface area contributed by atoms with E-state index in [1.165, 1.54) is 0 Å². The molecule has 0 amide bonds. The lowest BCUT2D eigenvalue weighted by atomic mass is 10.1. The van der Waals surface area contributed by atoms with Gasteiger partial charge in [-0.05, 0) is 13.0 Å². The standard InChI is InChI=1S/C11H7ClF3NO3/c1-2-18-10(17)7-4-8(12)9(3-6(7)5-16)19-11(13,14)15/h3-4H,2H2,1H3. The Balaban J connectivity index is 3.22. The minimum atomic E-state index is -4.94. The average Bonchev–Trinajstić information content (AvgIpc) is 2.29. The molecule has 4 nitrogen and oxygen atoms in total. The predicted molar refractivity (Wildman–Crippen MR) is 58.8 cm³/mol. The number of halogens is 4. The van der Waals surface area contributed by atoms with E-state index < -0.39 is 23.1 Å². The third-order valence-corrected chi connectivity index (χ3v) is 2.21. The highest BCUT2D eigenvalue weighted by molar-refractivity contribution is 6.32. The van der Waals surface area contributed by atoms with Crippen molar-refractivity contribution in [2.75, 3.05) is 6.61 Å². The van der Waals surface area contributed by atoms with Gasteiger partial charge in [0, 0.05) is 6.07 Å². The highest BCUT2D eigenvalue weighted by Gasteiger charge is 2.32. The summed E-state index contributed by atoms with van der Waals surface area (Å²) in [6.07, 6.45) is -4.94. The van der Waals surface area contributed by atoms with Crippen molar-refractivity contribution >= 4 is 17.6 Å². The highest BCUT2D eigenvalue weighted by atomic mass is 35.5. The summed E-state index contributed by atoms with van der Waals surface area (Å²) >= 11 is 5.57. The number of alkyl halides is 3. The van der Waals surface area contributed by atoms with Crippen molar-refractivity contribution < 1.29 is 27.4 Å². The van der Waals surface area contributed by atoms with Gasteiger partial charge >= 0.3 is 12.3 Å². The number of carbonyl (C=O) groups is 1. The molecule has 0 bridgehead atoms. The van der Waals surface area contributed by atoms with Crippen LogP contribution in [0.15, 0.2) is 12.1 Å². The Morgan fingerprint density at radius 2 is 2.11 bits per heavy atom. The first-order valence-electron chi connectivity index (χ1n) is 4.95. The zero-order chi connectivity index (χ0) is 14.6. The fourth-order valence-electron chi connectivity index (χ4n) is 1.23. The molecule has 0 aliphatic heterocycles. The second kappa shape index (κ2) is 5.80. The molecule has 0 unspecified atom stereocenters. The van der Waals surface area contributed by atoms with E-state index in [9.17, 15) is 18.0 Å². The molecule has 0 aromatic heterocycles. The Kier molecular flexibility index (Phi) is 4.62. The second-order valence-electron chi connectivity index (χ2n) is 3.21. The van der Waals surface area contributed by atoms with Crippen LogP contribution in [-0.2, 0) is 4.74 Å². The number of benzene rings is 1. The topological polar surface area (TPSA) is 59.3 Å². The molecule has 0 aliphatic rings. The molecule has 1 aromatic carbocycles. The maximum Gasteiger partial charge on any atom is 0.573 e. The third kappa shape index (κ3) is 4.03. The summed E-state index contributed by atoms with van der Waals surface area (Å²) in [6, 6.07) is 3.22. The average molecular weight is 294 g/mol. The summed E-state index contributed by atoms with van der Waals surface area (Å²) in [7, 11) is 0. The lowest BCUT2D eigenvalue weighted by Gasteiger charge is -2.12. The van der Waals surface area contributed by atoms with Crippen molar-refractivity contribution in [1.82, 2.24) is 0 Å². The van der Waals surface area contributed by atoms with Crippen LogP contribution in [0.4, 0.5) is 13.2 Å². The van der Waals surface area contributed by atoms with E-state index in [-0.39, 0.29) is 17.7 Å². The minimum absolute atomic E-state index is 0.0577. The maximum atomic E-state index is 12.1. The molecule has 0 radical (unpaired) electrons. The predicted octanol–water partition coefficient (Wildman–Crippen LogP) is 3.29. The Bertz CT molecular complexity index is 537. The van der Waals surface area contributed by atoms with Gasteiger partial charge < -0.3 is 9.47 Å². The first-order chi connectivity index (χ1) is 8.78. The summed E-state index contributed by atoms with van der Waals surface area (Å²) in [5, 5.41) is 8.37. The Morgan fingerprint density at radius 3 is 2.58 bits per heavy atom. The van der Waals surface area contributed by atoms with Crippen LogP contribution in [0.25, 0.3) is 0 Å². The number of hydrogen-bond donors (Lipinski definition) is 0. The number of nitrogens with zero attached hydrogens (tertiary/aromatic N) is 1. The van der Waals surface area contributed by atoms with Crippen molar-refractivity contribution in [3.8, 4) is 11.8 Å². The fraction of sp³-hybridized carbons (Fsp3) is 0.273. The molecule has 0 saturated carbocycles. The van der Waals surface area contributed by atoms with Gasteiger partial charge in [-0.1, -0.05) is 11.6 Å². The number of ether oxygens (including phenoxy) is 2. The highest BCUT2D eigenvalue weighted by Crippen LogP contribution is 2.32. The summed E-state index contributed by atoms with van der Waals surface area (Å²) in [4.78, 5) is 11.5. The molecule has 0 N–H and O–H groups in total. The van der Waals surface area contributed by atoms with Crippen LogP contribution in [0, 0.1) is 11.3 Å². The maximum absolute atomic E-state index is 12.1. The largest absolute Gasteiger partial charge is 0.573 e. The molecular weight excluding hydrogens is 287 g/mol. The third-order valence-electron chi connectivity index (χ3n) is 1.91. The molecule has 0 fully saturated rings. The van der Waals surface area contributed by atoms with E-state index in [4.69, 9.17) is 16.9 Å². The normalized spacial score (nSPS) is 10.7. The number of carbonyl (C=O) groups excluding carboxylic acids is 1. The second-order valence-corrected chi connectivity index (χ2v) is 3.62. The van der Waals surface area contributed by atoms with Crippen molar-refractivity contribution in [2.24, 2.45) is 0 Å². The van der Waals surface area contributed by atoms with Crippen molar-refractivity contribution in [2.45, 2.75) is 13.3 Å². The monoisotopic (exact) mass is 293 g/mol. The molecule has 0 heterocycles. The van der Waals surface area contributed by atoms with Gasteiger partial charge in [-0.15, -0.1) is 13.2 Å². The number of hydrogen-bond acceptors (Lipinski definition) is 4. The zero-order valence-corrected chi connectivity index (χ0v) is 10.3. The van der Waals surface area contributed by atoms with Crippen molar-refractivity contribution in [3.63, 3.8) is 0 Å². The molecule has 0 saturated heterocycles. The van der Waals surface area contributed by atoms with Gasteiger partial charge in [0.15, 0.2) is 0 Å². The molecule has 102 valence electrons. The quantitative estimate of drug-likeness (QED) is 0.802. The number of esters is 1. The zero-order valence-electron chi connectivity index (χ0n) is 9.55. The lowest BCUT2D eigenvalue weighted by molar-refractivity contribution is -0.274. The van der Waals surface area contributed by atoms with E-state index >= 15 is 0 Å². The summed E-state index contributed by atoms with van der Waals surface area (Å²) in [5.74, 6) is -1.60. The van der Waals surface area contributed by atoms with Gasteiger partial charge in [0.2, 0.25) is 0 Å². The van der Waals surface area contributed by atoms with Crippen LogP contribution in [0.2, 0.25) is 5.02 Å². The number of rotatable bonds is 3. The van der Waals surface area contributed by atoms with Crippen LogP contribution >= 0.6 is 11.6 Å². The van der Waals surface area contributed by atoms with Crippen LogP contribution < -0.4 is 4.74 Å². The smallest absolute Gasteiger partial charge is 0.462 e. The molecule has 0 aliphatic carbocycles. The molecule has 8 heteroatoms. The van der Waals surface area contributed by atoms with E-state index in [0.29, 0.717) is 0 Å². The van der Waals surface area contributed by atoms with Gasteiger partial charge in [0.05, 0.1) is 22.8 Å². The summed E-state index contributed by atoms with van der Waals surface area (Å²) in [6.45, 7) is 1.61. The molecule has 0 spiro atoms. The molecule has 1 rings (SSSR count). The first-order valence-corrected chi connectivity index (χ1v) is 5.32. The van der Waals surface area contributed by atoms with Gasteiger partial charge in [-0.25, -0.2) is 4.79 Å². The first kappa shape index (κ1) is 15.1. The van der Waals surface area contributed by atoms with Crippen LogP contribution in [0.1, 0.15) is 22.8 Å². The molecule has 0 atom stereocenters. The Hall–Kier alpha value is -1.94. The van der Waals surface area contributed by atoms with Gasteiger partial charge in [0.1, 0.15) is 11.8 Å². The van der Waals surface area contributed by atoms with Gasteiger partial charge in [-0.2, -0.15) is 5.26 Å². The SMILES string of the molecule is CCOC(=O)c1cc(Cl)c(OC(F)(F)F)cc1C#N. The van der Waals surface area contributed by atoms with Crippen LogP contribution in [0.5, 0.6) is 5.75 Å². The van der Waals surface area contributed by atoms with Crippen LogP contribution in [0.3, 0.4) is 0 Å². The summed E-state index contributed by atoms with van der Waals surface area (Å²) < 4.78 is 44.5. The number of nitriles is 1. The fourth-order valence-corrected chi connectivity index (χ4v) is 1.43. The van der Waals surface area contributed by atoms with Gasteiger partial charge in [-0.3, -0.25) is 0 Å². The van der Waals surface area contributed by atoms with E-state index in [1.807, 2.05) is 0 Å². The summed E-state index contributed by atoms with van der Waals surface area (Å²) in [5.41, 5.74) is -0.536. The molecule has 19 heavy (non-hydrogen) atoms. The van der Waals surface area contributed by atoms with Crippen molar-refractivity contribution in [1.29, 1.82) is 5.26 Å². The van der Waals surface area contributed by atoms with E-state index in [0.717, 1.165) is 12.1 Å². The molecular formula is C11H7ClF3NO3. The van der Waals surface area contributed by atoms with E-state index in [2.05, 4.69) is 9.47 Å². The Labute approximate surface area is 111 Å². The lowest BCUT2D eigenvalue weighted by Crippen LogP contribution is -2.18. The van der Waals surface area contributed by atoms with Crippen LogP contribution in [-0.4, -0.2) is 18.9 Å². The molecule has 1 aromatic rings.